The van der Waals surface area contributed by atoms with Gasteiger partial charge in [-0.25, -0.2) is 0 Å². The molecule has 0 amide bonds. The SMILES string of the molecule is CCn1cc(CN(C)Cc2nnc(C)s2)cn1. The monoisotopic (exact) mass is 251 g/mol. The fourth-order valence-electron chi connectivity index (χ4n) is 1.66. The third-order valence-corrected chi connectivity index (χ3v) is 3.26. The molecule has 0 fully saturated rings. The van der Waals surface area contributed by atoms with Crippen molar-refractivity contribution in [2.24, 2.45) is 0 Å². The van der Waals surface area contributed by atoms with Crippen LogP contribution < -0.4 is 0 Å². The van der Waals surface area contributed by atoms with Gasteiger partial charge in [0.15, 0.2) is 0 Å². The van der Waals surface area contributed by atoms with E-state index < -0.39 is 0 Å². The molecule has 0 atom stereocenters. The van der Waals surface area contributed by atoms with E-state index >= 15 is 0 Å². The Bertz CT molecular complexity index is 476. The largest absolute Gasteiger partial charge is 0.295 e. The Morgan fingerprint density at radius 1 is 1.35 bits per heavy atom. The molecule has 0 aliphatic carbocycles. The van der Waals surface area contributed by atoms with Crippen molar-refractivity contribution in [1.29, 1.82) is 0 Å². The predicted octanol–water partition coefficient (Wildman–Crippen LogP) is 1.69. The highest BCUT2D eigenvalue weighted by molar-refractivity contribution is 7.11. The summed E-state index contributed by atoms with van der Waals surface area (Å²) in [5.74, 6) is 0. The number of nitrogens with zero attached hydrogens (tertiary/aromatic N) is 5. The minimum Gasteiger partial charge on any atom is -0.295 e. The summed E-state index contributed by atoms with van der Waals surface area (Å²) < 4.78 is 1.94. The van der Waals surface area contributed by atoms with E-state index in [9.17, 15) is 0 Å². The second-order valence-corrected chi connectivity index (χ2v) is 5.36. The third kappa shape index (κ3) is 3.34. The topological polar surface area (TPSA) is 46.8 Å². The summed E-state index contributed by atoms with van der Waals surface area (Å²) in [5, 5.41) is 14.5. The van der Waals surface area contributed by atoms with E-state index in [1.807, 2.05) is 17.8 Å². The average molecular weight is 251 g/mol. The van der Waals surface area contributed by atoms with Crippen molar-refractivity contribution in [2.45, 2.75) is 33.5 Å². The fraction of sp³-hybridized carbons (Fsp3) is 0.545. The molecule has 0 spiro atoms. The molecule has 0 saturated carbocycles. The summed E-state index contributed by atoms with van der Waals surface area (Å²) in [6.07, 6.45) is 4.01. The highest BCUT2D eigenvalue weighted by Crippen LogP contribution is 2.11. The van der Waals surface area contributed by atoms with Crippen LogP contribution in [0, 0.1) is 6.92 Å². The molecular weight excluding hydrogens is 234 g/mol. The summed E-state index contributed by atoms with van der Waals surface area (Å²) >= 11 is 1.65. The van der Waals surface area contributed by atoms with Gasteiger partial charge in [-0.15, -0.1) is 21.5 Å². The number of rotatable bonds is 5. The van der Waals surface area contributed by atoms with Gasteiger partial charge in [0, 0.05) is 24.8 Å². The molecule has 92 valence electrons. The Hall–Kier alpha value is -1.27. The van der Waals surface area contributed by atoms with Crippen LogP contribution in [0.25, 0.3) is 0 Å². The van der Waals surface area contributed by atoms with Crippen LogP contribution in [0.5, 0.6) is 0 Å². The molecule has 0 aromatic carbocycles. The van der Waals surface area contributed by atoms with Crippen molar-refractivity contribution < 1.29 is 0 Å². The maximum Gasteiger partial charge on any atom is 0.131 e. The van der Waals surface area contributed by atoms with Crippen LogP contribution in [0.2, 0.25) is 0 Å². The maximum absolute atomic E-state index is 4.26. The quantitative estimate of drug-likeness (QED) is 0.811. The smallest absolute Gasteiger partial charge is 0.131 e. The van der Waals surface area contributed by atoms with Gasteiger partial charge in [-0.1, -0.05) is 0 Å². The van der Waals surface area contributed by atoms with Gasteiger partial charge < -0.3 is 0 Å². The Labute approximate surface area is 105 Å². The van der Waals surface area contributed by atoms with Crippen LogP contribution >= 0.6 is 11.3 Å². The highest BCUT2D eigenvalue weighted by Gasteiger charge is 2.07. The van der Waals surface area contributed by atoms with E-state index in [0.717, 1.165) is 29.6 Å². The number of aryl methyl sites for hydroxylation is 2. The Morgan fingerprint density at radius 2 is 2.18 bits per heavy atom. The number of hydrogen-bond donors (Lipinski definition) is 0. The van der Waals surface area contributed by atoms with Gasteiger partial charge in [0.05, 0.1) is 12.7 Å². The fourth-order valence-corrected chi connectivity index (χ4v) is 2.45. The van der Waals surface area contributed by atoms with Crippen molar-refractivity contribution in [3.8, 4) is 0 Å². The van der Waals surface area contributed by atoms with Gasteiger partial charge in [0.25, 0.3) is 0 Å². The van der Waals surface area contributed by atoms with E-state index in [4.69, 9.17) is 0 Å². The first-order valence-electron chi connectivity index (χ1n) is 5.66. The molecule has 0 aliphatic heterocycles. The van der Waals surface area contributed by atoms with E-state index in [-0.39, 0.29) is 0 Å². The van der Waals surface area contributed by atoms with Crippen molar-refractivity contribution in [3.63, 3.8) is 0 Å². The first-order valence-corrected chi connectivity index (χ1v) is 6.48. The molecule has 2 aromatic rings. The van der Waals surface area contributed by atoms with Crippen LogP contribution in [-0.4, -0.2) is 31.9 Å². The molecule has 0 radical (unpaired) electrons. The predicted molar refractivity (Wildman–Crippen MR) is 67.7 cm³/mol. The van der Waals surface area contributed by atoms with Gasteiger partial charge in [0.2, 0.25) is 0 Å². The van der Waals surface area contributed by atoms with E-state index in [1.54, 1.807) is 11.3 Å². The summed E-state index contributed by atoms with van der Waals surface area (Å²) in [5.41, 5.74) is 1.23. The lowest BCUT2D eigenvalue weighted by Gasteiger charge is -2.12. The van der Waals surface area contributed by atoms with Crippen LogP contribution in [0.15, 0.2) is 12.4 Å². The molecule has 0 aliphatic rings. The van der Waals surface area contributed by atoms with E-state index in [2.05, 4.69) is 40.4 Å². The zero-order chi connectivity index (χ0) is 12.3. The Morgan fingerprint density at radius 3 is 2.76 bits per heavy atom. The van der Waals surface area contributed by atoms with Crippen LogP contribution in [0.4, 0.5) is 0 Å². The van der Waals surface area contributed by atoms with Crippen LogP contribution in [0.1, 0.15) is 22.5 Å². The first-order chi connectivity index (χ1) is 8.17. The summed E-state index contributed by atoms with van der Waals surface area (Å²) in [6, 6.07) is 0. The molecule has 0 saturated heterocycles. The van der Waals surface area contributed by atoms with Crippen LogP contribution in [-0.2, 0) is 19.6 Å². The minimum atomic E-state index is 0.836. The van der Waals surface area contributed by atoms with E-state index in [1.165, 1.54) is 5.56 Å². The van der Waals surface area contributed by atoms with Crippen molar-refractivity contribution in [3.05, 3.63) is 28.0 Å². The third-order valence-electron chi connectivity index (χ3n) is 2.44. The second-order valence-electron chi connectivity index (χ2n) is 4.09. The Balaban J connectivity index is 1.90. The van der Waals surface area contributed by atoms with Crippen LogP contribution in [0.3, 0.4) is 0 Å². The summed E-state index contributed by atoms with van der Waals surface area (Å²) in [6.45, 7) is 6.71. The molecule has 5 nitrogen and oxygen atoms in total. The molecule has 2 aromatic heterocycles. The molecule has 2 heterocycles. The normalized spacial score (nSPS) is 11.3. The molecule has 17 heavy (non-hydrogen) atoms. The van der Waals surface area contributed by atoms with Crippen molar-refractivity contribution in [1.82, 2.24) is 24.9 Å². The zero-order valence-electron chi connectivity index (χ0n) is 10.4. The molecule has 0 N–H and O–H groups in total. The second kappa shape index (κ2) is 5.37. The first kappa shape index (κ1) is 12.2. The van der Waals surface area contributed by atoms with Gasteiger partial charge in [-0.05, 0) is 20.9 Å². The summed E-state index contributed by atoms with van der Waals surface area (Å²) in [7, 11) is 2.08. The number of aromatic nitrogens is 4. The van der Waals surface area contributed by atoms with Gasteiger partial charge in [0.1, 0.15) is 10.0 Å². The van der Waals surface area contributed by atoms with Gasteiger partial charge in [-0.2, -0.15) is 5.10 Å². The minimum absolute atomic E-state index is 0.836. The van der Waals surface area contributed by atoms with Crippen molar-refractivity contribution >= 4 is 11.3 Å². The maximum atomic E-state index is 4.26. The lowest BCUT2D eigenvalue weighted by Crippen LogP contribution is -2.16. The van der Waals surface area contributed by atoms with E-state index in [0.29, 0.717) is 0 Å². The van der Waals surface area contributed by atoms with Crippen molar-refractivity contribution in [2.75, 3.05) is 7.05 Å². The lowest BCUT2D eigenvalue weighted by atomic mass is 10.3. The molecule has 6 heteroatoms. The molecule has 0 bridgehead atoms. The molecule has 0 unspecified atom stereocenters. The summed E-state index contributed by atoms with van der Waals surface area (Å²) in [4.78, 5) is 2.22. The lowest BCUT2D eigenvalue weighted by molar-refractivity contribution is 0.317. The van der Waals surface area contributed by atoms with Gasteiger partial charge >= 0.3 is 0 Å². The number of hydrogen-bond acceptors (Lipinski definition) is 5. The average Bonchev–Trinajstić information content (AvgIpc) is 2.88. The highest BCUT2D eigenvalue weighted by atomic mass is 32.1. The van der Waals surface area contributed by atoms with Gasteiger partial charge in [-0.3, -0.25) is 9.58 Å². The molecular formula is C11H17N5S. The zero-order valence-corrected chi connectivity index (χ0v) is 11.2. The Kier molecular flexibility index (Phi) is 3.86. The standard InChI is InChI=1S/C11H17N5S/c1-4-16-7-10(5-12-16)6-15(3)8-11-14-13-9(2)17-11/h5,7H,4,6,8H2,1-3H3. The molecule has 2 rings (SSSR count).